The number of amides is 1. The molecule has 5 heteroatoms. The molecule has 0 spiro atoms. The molecule has 0 saturated heterocycles. The highest BCUT2D eigenvalue weighted by atomic mass is 16.4. The van der Waals surface area contributed by atoms with Crippen LogP contribution in [0.1, 0.15) is 29.6 Å². The number of carboxylic acid groups (broad SMARTS) is 1. The summed E-state index contributed by atoms with van der Waals surface area (Å²) in [6.45, 7) is 0.0910. The molecule has 1 aromatic rings. The fourth-order valence-corrected chi connectivity index (χ4v) is 1.39. The molecule has 96 valence electrons. The Hall–Kier alpha value is -2.17. The largest absolute Gasteiger partial charge is 0.481 e. The van der Waals surface area contributed by atoms with Crippen LogP contribution in [-0.2, 0) is 9.59 Å². The lowest BCUT2D eigenvalue weighted by atomic mass is 10.1. The van der Waals surface area contributed by atoms with Crippen molar-refractivity contribution >= 4 is 17.7 Å². The van der Waals surface area contributed by atoms with Crippen LogP contribution >= 0.6 is 0 Å². The highest BCUT2D eigenvalue weighted by Crippen LogP contribution is 2.04. The van der Waals surface area contributed by atoms with Gasteiger partial charge in [-0.1, -0.05) is 30.3 Å². The number of Topliss-reactive ketones (excluding diaryl/α,β-unsaturated/α-hetero) is 1. The Balaban J connectivity index is 2.26. The number of ketones is 1. The molecule has 5 nitrogen and oxygen atoms in total. The first-order valence-corrected chi connectivity index (χ1v) is 5.66. The second-order valence-electron chi connectivity index (χ2n) is 3.78. The van der Waals surface area contributed by atoms with Gasteiger partial charge in [-0.25, -0.2) is 0 Å². The van der Waals surface area contributed by atoms with Gasteiger partial charge in [-0.15, -0.1) is 0 Å². The van der Waals surface area contributed by atoms with Gasteiger partial charge in [0.05, 0.1) is 6.42 Å². The van der Waals surface area contributed by atoms with E-state index in [2.05, 4.69) is 5.32 Å². The number of carbonyl (C=O) groups excluding carboxylic acids is 2. The maximum atomic E-state index is 11.7. The zero-order valence-corrected chi connectivity index (χ0v) is 9.89. The Kier molecular flexibility index (Phi) is 5.57. The Labute approximate surface area is 105 Å². The fourth-order valence-electron chi connectivity index (χ4n) is 1.39. The first kappa shape index (κ1) is 13.9. The first-order valence-electron chi connectivity index (χ1n) is 5.66. The minimum atomic E-state index is -0.962. The lowest BCUT2D eigenvalue weighted by Gasteiger charge is -2.03. The number of hydrogen-bond acceptors (Lipinski definition) is 3. The molecule has 0 heterocycles. The van der Waals surface area contributed by atoms with E-state index in [1.54, 1.807) is 24.3 Å². The average molecular weight is 249 g/mol. The molecule has 18 heavy (non-hydrogen) atoms. The van der Waals surface area contributed by atoms with Crippen molar-refractivity contribution in [2.24, 2.45) is 0 Å². The van der Waals surface area contributed by atoms with Gasteiger partial charge in [-0.2, -0.15) is 0 Å². The van der Waals surface area contributed by atoms with Crippen molar-refractivity contribution in [2.75, 3.05) is 6.54 Å². The summed E-state index contributed by atoms with van der Waals surface area (Å²) in [4.78, 5) is 33.2. The third kappa shape index (κ3) is 5.25. The van der Waals surface area contributed by atoms with Crippen molar-refractivity contribution in [1.82, 2.24) is 5.32 Å². The highest BCUT2D eigenvalue weighted by molar-refractivity contribution is 5.97. The number of nitrogens with one attached hydrogen (secondary N) is 1. The molecule has 0 fully saturated rings. The zero-order valence-electron chi connectivity index (χ0n) is 9.89. The Bertz CT molecular complexity index is 428. The Morgan fingerprint density at radius 2 is 1.67 bits per heavy atom. The lowest BCUT2D eigenvalue weighted by Crippen LogP contribution is -2.26. The number of aliphatic carboxylic acids is 1. The van der Waals surface area contributed by atoms with Gasteiger partial charge in [-0.05, 0) is 0 Å². The molecular weight excluding hydrogens is 234 g/mol. The molecule has 0 unspecified atom stereocenters. The van der Waals surface area contributed by atoms with Crippen molar-refractivity contribution in [2.45, 2.75) is 19.3 Å². The maximum Gasteiger partial charge on any atom is 0.305 e. The summed E-state index contributed by atoms with van der Waals surface area (Å²) in [6.07, 6.45) is 0.0919. The number of hydrogen-bond donors (Lipinski definition) is 2. The summed E-state index contributed by atoms with van der Waals surface area (Å²) >= 11 is 0. The number of benzene rings is 1. The smallest absolute Gasteiger partial charge is 0.305 e. The topological polar surface area (TPSA) is 83.5 Å². The van der Waals surface area contributed by atoms with E-state index in [-0.39, 0.29) is 37.5 Å². The van der Waals surface area contributed by atoms with Crippen LogP contribution < -0.4 is 5.32 Å². The van der Waals surface area contributed by atoms with Crippen molar-refractivity contribution < 1.29 is 19.5 Å². The van der Waals surface area contributed by atoms with Crippen LogP contribution in [0.25, 0.3) is 0 Å². The van der Waals surface area contributed by atoms with Gasteiger partial charge in [0.1, 0.15) is 0 Å². The van der Waals surface area contributed by atoms with Crippen LogP contribution in [0.3, 0.4) is 0 Å². The molecule has 0 bridgehead atoms. The van der Waals surface area contributed by atoms with E-state index in [1.165, 1.54) is 0 Å². The van der Waals surface area contributed by atoms with E-state index in [0.29, 0.717) is 5.56 Å². The van der Waals surface area contributed by atoms with Crippen LogP contribution in [0.4, 0.5) is 0 Å². The predicted octanol–water partition coefficient (Wildman–Crippen LogP) is 1.24. The summed E-state index contributed by atoms with van der Waals surface area (Å²) in [5, 5.41) is 10.8. The summed E-state index contributed by atoms with van der Waals surface area (Å²) in [6, 6.07) is 8.74. The van der Waals surface area contributed by atoms with E-state index in [1.807, 2.05) is 6.07 Å². The van der Waals surface area contributed by atoms with Crippen molar-refractivity contribution in [3.05, 3.63) is 35.9 Å². The zero-order chi connectivity index (χ0) is 13.4. The van der Waals surface area contributed by atoms with Gasteiger partial charge >= 0.3 is 5.97 Å². The SMILES string of the molecule is O=C(O)CCNC(=O)CCC(=O)c1ccccc1. The van der Waals surface area contributed by atoms with E-state index in [9.17, 15) is 14.4 Å². The van der Waals surface area contributed by atoms with Gasteiger partial charge in [0.2, 0.25) is 5.91 Å². The lowest BCUT2D eigenvalue weighted by molar-refractivity contribution is -0.136. The van der Waals surface area contributed by atoms with E-state index < -0.39 is 5.97 Å². The maximum absolute atomic E-state index is 11.7. The molecule has 1 rings (SSSR count). The highest BCUT2D eigenvalue weighted by Gasteiger charge is 2.08. The van der Waals surface area contributed by atoms with Crippen molar-refractivity contribution in [1.29, 1.82) is 0 Å². The van der Waals surface area contributed by atoms with E-state index >= 15 is 0 Å². The molecule has 0 atom stereocenters. The quantitative estimate of drug-likeness (QED) is 0.712. The minimum absolute atomic E-state index is 0.0767. The van der Waals surface area contributed by atoms with Gasteiger partial charge < -0.3 is 10.4 Å². The van der Waals surface area contributed by atoms with Crippen LogP contribution in [0.15, 0.2) is 30.3 Å². The normalized spacial score (nSPS) is 9.78. The third-order valence-corrected chi connectivity index (χ3v) is 2.34. The van der Waals surface area contributed by atoms with E-state index in [4.69, 9.17) is 5.11 Å². The molecule has 0 aromatic heterocycles. The van der Waals surface area contributed by atoms with Gasteiger partial charge in [0.25, 0.3) is 0 Å². The molecule has 1 amide bonds. The molecule has 0 aliphatic carbocycles. The van der Waals surface area contributed by atoms with Crippen LogP contribution in [0, 0.1) is 0 Å². The standard InChI is InChI=1S/C13H15NO4/c15-11(10-4-2-1-3-5-10)6-7-12(16)14-9-8-13(17)18/h1-5H,6-9H2,(H,14,16)(H,17,18). The van der Waals surface area contributed by atoms with Crippen LogP contribution in [0.5, 0.6) is 0 Å². The van der Waals surface area contributed by atoms with E-state index in [0.717, 1.165) is 0 Å². The number of carboxylic acids is 1. The van der Waals surface area contributed by atoms with Crippen molar-refractivity contribution in [3.63, 3.8) is 0 Å². The average Bonchev–Trinajstić information content (AvgIpc) is 2.36. The second-order valence-corrected chi connectivity index (χ2v) is 3.78. The Morgan fingerprint density at radius 1 is 1.00 bits per heavy atom. The van der Waals surface area contributed by atoms with Crippen molar-refractivity contribution in [3.8, 4) is 0 Å². The number of rotatable bonds is 7. The molecule has 0 aliphatic heterocycles. The summed E-state index contributed by atoms with van der Waals surface area (Å²) in [5.74, 6) is -1.36. The van der Waals surface area contributed by atoms with Gasteiger partial charge in [0, 0.05) is 24.9 Å². The van der Waals surface area contributed by atoms with Crippen LogP contribution in [-0.4, -0.2) is 29.3 Å². The monoisotopic (exact) mass is 249 g/mol. The molecule has 0 radical (unpaired) electrons. The molecule has 1 aromatic carbocycles. The van der Waals surface area contributed by atoms with Gasteiger partial charge in [-0.3, -0.25) is 14.4 Å². The third-order valence-electron chi connectivity index (χ3n) is 2.34. The molecule has 0 saturated carbocycles. The fraction of sp³-hybridized carbons (Fsp3) is 0.308. The Morgan fingerprint density at radius 3 is 2.28 bits per heavy atom. The van der Waals surface area contributed by atoms with Gasteiger partial charge in [0.15, 0.2) is 5.78 Å². The second kappa shape index (κ2) is 7.21. The molecule has 2 N–H and O–H groups in total. The summed E-state index contributed by atoms with van der Waals surface area (Å²) in [7, 11) is 0. The molecular formula is C13H15NO4. The number of carbonyl (C=O) groups is 3. The van der Waals surface area contributed by atoms with Crippen LogP contribution in [0.2, 0.25) is 0 Å². The first-order chi connectivity index (χ1) is 8.59. The predicted molar refractivity (Wildman–Crippen MR) is 65.3 cm³/mol. The summed E-state index contributed by atoms with van der Waals surface area (Å²) in [5.41, 5.74) is 0.579. The molecule has 0 aliphatic rings. The summed E-state index contributed by atoms with van der Waals surface area (Å²) < 4.78 is 0. The minimum Gasteiger partial charge on any atom is -0.481 e.